The average molecular weight is 333 g/mol. The van der Waals surface area contributed by atoms with Gasteiger partial charge in [-0.3, -0.25) is 4.90 Å². The fourth-order valence-electron chi connectivity index (χ4n) is 5.20. The molecule has 0 bridgehead atoms. The van der Waals surface area contributed by atoms with E-state index in [0.29, 0.717) is 6.04 Å². The number of hydrogen-bond acceptors (Lipinski definition) is 2. The summed E-state index contributed by atoms with van der Waals surface area (Å²) in [6.07, 6.45) is 4.53. The van der Waals surface area contributed by atoms with Gasteiger partial charge in [0.2, 0.25) is 0 Å². The fourth-order valence-corrected chi connectivity index (χ4v) is 5.20. The number of ether oxygens (including phenoxy) is 1. The van der Waals surface area contributed by atoms with Crippen LogP contribution in [0.25, 0.3) is 11.1 Å². The van der Waals surface area contributed by atoms with Gasteiger partial charge in [0.15, 0.2) is 0 Å². The summed E-state index contributed by atoms with van der Waals surface area (Å²) in [4.78, 5) is 2.70. The Morgan fingerprint density at radius 1 is 1.12 bits per heavy atom. The zero-order valence-corrected chi connectivity index (χ0v) is 15.6. The normalized spacial score (nSPS) is 22.8. The van der Waals surface area contributed by atoms with Crippen molar-refractivity contribution in [3.63, 3.8) is 0 Å². The SMILES string of the molecule is CCCN1CCc2cccc3c2C1Cc1ccc2c(c1-3)OC(C)(C)C2. The van der Waals surface area contributed by atoms with E-state index in [2.05, 4.69) is 56.0 Å². The van der Waals surface area contributed by atoms with Crippen molar-refractivity contribution in [2.45, 2.75) is 58.1 Å². The largest absolute Gasteiger partial charge is 0.487 e. The monoisotopic (exact) mass is 333 g/mol. The molecule has 1 unspecified atom stereocenters. The minimum atomic E-state index is -0.0859. The molecule has 2 heteroatoms. The van der Waals surface area contributed by atoms with Crippen LogP contribution < -0.4 is 4.74 Å². The summed E-state index contributed by atoms with van der Waals surface area (Å²) in [6, 6.07) is 12.1. The first kappa shape index (κ1) is 15.5. The van der Waals surface area contributed by atoms with Crippen LogP contribution in [0.4, 0.5) is 0 Å². The van der Waals surface area contributed by atoms with Gasteiger partial charge in [0, 0.05) is 24.6 Å². The molecular formula is C23H27NO. The zero-order valence-electron chi connectivity index (χ0n) is 15.6. The summed E-state index contributed by atoms with van der Waals surface area (Å²) in [5.41, 5.74) is 8.70. The van der Waals surface area contributed by atoms with E-state index in [1.165, 1.54) is 48.2 Å². The lowest BCUT2D eigenvalue weighted by molar-refractivity contribution is 0.138. The van der Waals surface area contributed by atoms with Crippen LogP contribution in [0.2, 0.25) is 0 Å². The molecule has 0 aromatic heterocycles. The van der Waals surface area contributed by atoms with Crippen LogP contribution in [0.5, 0.6) is 5.75 Å². The molecule has 0 amide bonds. The van der Waals surface area contributed by atoms with Crippen molar-refractivity contribution in [3.8, 4) is 16.9 Å². The highest BCUT2D eigenvalue weighted by atomic mass is 16.5. The van der Waals surface area contributed by atoms with Crippen molar-refractivity contribution < 1.29 is 4.74 Å². The van der Waals surface area contributed by atoms with E-state index in [1.807, 2.05) is 0 Å². The Bertz CT molecular complexity index is 851. The Morgan fingerprint density at radius 2 is 1.96 bits per heavy atom. The second-order valence-electron chi connectivity index (χ2n) is 8.51. The lowest BCUT2D eigenvalue weighted by Crippen LogP contribution is -2.38. The number of hydrogen-bond donors (Lipinski definition) is 0. The van der Waals surface area contributed by atoms with E-state index < -0.39 is 0 Å². The third-order valence-corrected chi connectivity index (χ3v) is 6.15. The molecule has 1 atom stereocenters. The molecule has 0 saturated carbocycles. The van der Waals surface area contributed by atoms with E-state index in [1.54, 1.807) is 11.1 Å². The summed E-state index contributed by atoms with van der Waals surface area (Å²) >= 11 is 0. The Hall–Kier alpha value is -1.80. The second kappa shape index (κ2) is 5.35. The number of fused-ring (bicyclic) bond motifs is 4. The maximum absolute atomic E-state index is 6.44. The summed E-state index contributed by atoms with van der Waals surface area (Å²) in [7, 11) is 0. The van der Waals surface area contributed by atoms with Crippen molar-refractivity contribution in [1.82, 2.24) is 4.90 Å². The highest BCUT2D eigenvalue weighted by Crippen LogP contribution is 2.52. The Kier molecular flexibility index (Phi) is 3.31. The second-order valence-corrected chi connectivity index (χ2v) is 8.51. The van der Waals surface area contributed by atoms with Crippen LogP contribution in [-0.2, 0) is 19.3 Å². The van der Waals surface area contributed by atoms with Gasteiger partial charge in [-0.05, 0) is 67.5 Å². The topological polar surface area (TPSA) is 12.5 Å². The average Bonchev–Trinajstić information content (AvgIpc) is 2.91. The van der Waals surface area contributed by atoms with Crippen molar-refractivity contribution >= 4 is 0 Å². The molecule has 0 radical (unpaired) electrons. The molecule has 2 aromatic rings. The van der Waals surface area contributed by atoms with E-state index in [-0.39, 0.29) is 5.60 Å². The minimum Gasteiger partial charge on any atom is -0.487 e. The van der Waals surface area contributed by atoms with E-state index in [4.69, 9.17) is 4.74 Å². The number of rotatable bonds is 2. The number of benzene rings is 2. The van der Waals surface area contributed by atoms with Crippen molar-refractivity contribution in [3.05, 3.63) is 52.6 Å². The quantitative estimate of drug-likeness (QED) is 0.772. The molecule has 3 aliphatic rings. The fraction of sp³-hybridized carbons (Fsp3) is 0.478. The predicted octanol–water partition coefficient (Wildman–Crippen LogP) is 4.93. The highest BCUT2D eigenvalue weighted by Gasteiger charge is 2.39. The molecule has 1 aliphatic carbocycles. The molecule has 5 rings (SSSR count). The molecule has 2 heterocycles. The van der Waals surface area contributed by atoms with E-state index in [9.17, 15) is 0 Å². The Labute approximate surface area is 150 Å². The van der Waals surface area contributed by atoms with Crippen LogP contribution in [0.1, 0.15) is 55.5 Å². The summed E-state index contributed by atoms with van der Waals surface area (Å²) in [5, 5.41) is 0. The Balaban J connectivity index is 1.71. The lowest BCUT2D eigenvalue weighted by atomic mass is 9.76. The number of nitrogens with zero attached hydrogens (tertiary/aromatic N) is 1. The predicted molar refractivity (Wildman–Crippen MR) is 102 cm³/mol. The first-order valence-corrected chi connectivity index (χ1v) is 9.77. The molecule has 2 aromatic carbocycles. The maximum Gasteiger partial charge on any atom is 0.131 e. The smallest absolute Gasteiger partial charge is 0.131 e. The maximum atomic E-state index is 6.44. The summed E-state index contributed by atoms with van der Waals surface area (Å²) in [6.45, 7) is 9.09. The van der Waals surface area contributed by atoms with Gasteiger partial charge in [-0.15, -0.1) is 0 Å². The van der Waals surface area contributed by atoms with Crippen molar-refractivity contribution in [2.24, 2.45) is 0 Å². The van der Waals surface area contributed by atoms with Gasteiger partial charge >= 0.3 is 0 Å². The van der Waals surface area contributed by atoms with Crippen LogP contribution in [-0.4, -0.2) is 23.6 Å². The van der Waals surface area contributed by atoms with Crippen LogP contribution in [0, 0.1) is 0 Å². The van der Waals surface area contributed by atoms with Crippen LogP contribution in [0.15, 0.2) is 30.3 Å². The van der Waals surface area contributed by atoms with Gasteiger partial charge in [0.1, 0.15) is 11.4 Å². The van der Waals surface area contributed by atoms with E-state index in [0.717, 1.165) is 18.6 Å². The molecule has 2 nitrogen and oxygen atoms in total. The summed E-state index contributed by atoms with van der Waals surface area (Å²) in [5.74, 6) is 1.15. The summed E-state index contributed by atoms with van der Waals surface area (Å²) < 4.78 is 6.44. The van der Waals surface area contributed by atoms with Gasteiger partial charge < -0.3 is 4.74 Å². The molecule has 0 fully saturated rings. The molecular weight excluding hydrogens is 306 g/mol. The van der Waals surface area contributed by atoms with Gasteiger partial charge in [-0.25, -0.2) is 0 Å². The van der Waals surface area contributed by atoms with Crippen LogP contribution >= 0.6 is 0 Å². The molecule has 0 N–H and O–H groups in total. The zero-order chi connectivity index (χ0) is 17.2. The third kappa shape index (κ3) is 2.27. The lowest BCUT2D eigenvalue weighted by Gasteiger charge is -2.42. The third-order valence-electron chi connectivity index (χ3n) is 6.15. The molecule has 130 valence electrons. The van der Waals surface area contributed by atoms with Gasteiger partial charge in [-0.1, -0.05) is 37.3 Å². The first-order valence-electron chi connectivity index (χ1n) is 9.77. The highest BCUT2D eigenvalue weighted by molar-refractivity contribution is 5.82. The molecule has 2 aliphatic heterocycles. The van der Waals surface area contributed by atoms with Gasteiger partial charge in [0.05, 0.1) is 0 Å². The van der Waals surface area contributed by atoms with Crippen molar-refractivity contribution in [1.29, 1.82) is 0 Å². The van der Waals surface area contributed by atoms with Crippen LogP contribution in [0.3, 0.4) is 0 Å². The van der Waals surface area contributed by atoms with E-state index >= 15 is 0 Å². The molecule has 25 heavy (non-hydrogen) atoms. The molecule has 0 spiro atoms. The van der Waals surface area contributed by atoms with Crippen molar-refractivity contribution in [2.75, 3.05) is 13.1 Å². The standard InChI is InChI=1S/C23H27NO/c1-4-11-24-12-10-15-6-5-7-18-20(15)19(24)13-16-8-9-17-14-23(2,3)25-22(17)21(16)18/h5-9,19H,4,10-14H2,1-3H3. The minimum absolute atomic E-state index is 0.0859. The first-order chi connectivity index (χ1) is 12.1. The Morgan fingerprint density at radius 3 is 2.80 bits per heavy atom. The van der Waals surface area contributed by atoms with Gasteiger partial charge in [-0.2, -0.15) is 0 Å². The molecule has 0 saturated heterocycles. The van der Waals surface area contributed by atoms with Gasteiger partial charge in [0.25, 0.3) is 0 Å².